The van der Waals surface area contributed by atoms with E-state index in [1.54, 1.807) is 28.4 Å². The monoisotopic (exact) mass is 613 g/mol. The molecule has 0 saturated carbocycles. The number of allylic oxidation sites excluding steroid dienone is 3. The number of rotatable bonds is 10. The average molecular weight is 615 g/mol. The maximum atomic E-state index is 14.0. The van der Waals surface area contributed by atoms with Crippen molar-refractivity contribution < 1.29 is 33.3 Å². The first-order chi connectivity index (χ1) is 19.3. The van der Waals surface area contributed by atoms with Crippen molar-refractivity contribution in [2.45, 2.75) is 51.4 Å². The van der Waals surface area contributed by atoms with Crippen LogP contribution in [0.15, 0.2) is 57.3 Å². The highest BCUT2D eigenvalue weighted by atomic mass is 79.9. The molecule has 9 heteroatoms. The second-order valence-corrected chi connectivity index (χ2v) is 10.7. The number of nitrogens with one attached hydrogen (secondary N) is 1. The van der Waals surface area contributed by atoms with Crippen molar-refractivity contribution >= 4 is 27.7 Å². The molecule has 1 aliphatic heterocycles. The fraction of sp³-hybridized carbons (Fsp3) is 0.419. The van der Waals surface area contributed by atoms with E-state index < -0.39 is 11.9 Å². The molecule has 4 rings (SSSR count). The molecule has 0 bridgehead atoms. The van der Waals surface area contributed by atoms with Gasteiger partial charge in [0.05, 0.1) is 45.1 Å². The van der Waals surface area contributed by atoms with Crippen molar-refractivity contribution in [2.75, 3.05) is 35.0 Å². The van der Waals surface area contributed by atoms with Crippen LogP contribution in [0.5, 0.6) is 23.0 Å². The van der Waals surface area contributed by atoms with Crippen LogP contribution >= 0.6 is 15.9 Å². The molecule has 1 heterocycles. The molecule has 2 atom stereocenters. The first-order valence-corrected chi connectivity index (χ1v) is 14.1. The van der Waals surface area contributed by atoms with Gasteiger partial charge >= 0.3 is 5.97 Å². The Labute approximate surface area is 243 Å². The number of hydrogen-bond donors (Lipinski definition) is 1. The van der Waals surface area contributed by atoms with Crippen LogP contribution in [0.4, 0.5) is 0 Å². The van der Waals surface area contributed by atoms with Gasteiger partial charge in [0.25, 0.3) is 0 Å². The van der Waals surface area contributed by atoms with E-state index in [9.17, 15) is 9.59 Å². The molecule has 40 heavy (non-hydrogen) atoms. The zero-order valence-corrected chi connectivity index (χ0v) is 25.4. The van der Waals surface area contributed by atoms with E-state index >= 15 is 0 Å². The number of carbonyl (C=O) groups excluding carboxylic acids is 2. The van der Waals surface area contributed by atoms with Crippen LogP contribution in [0, 0.1) is 0 Å². The topological polar surface area (TPSA) is 92.3 Å². The molecule has 0 spiro atoms. The van der Waals surface area contributed by atoms with Gasteiger partial charge in [0.1, 0.15) is 0 Å². The number of carbonyl (C=O) groups is 2. The standard InChI is InChI=1S/C31H36BrNO7/c1-7-8-11-40-31(35)27-17(2)33-22-13-19(18-9-10-24(36-3)25(15-18)37-4)14-23(34)29(22)28(27)20-12-21(32)30(39-6)26(16-20)38-5/h9-10,12,15-16,19,28,33H,7-8,11,13-14H2,1-6H3. The first-order valence-electron chi connectivity index (χ1n) is 13.3. The largest absolute Gasteiger partial charge is 0.493 e. The summed E-state index contributed by atoms with van der Waals surface area (Å²) in [4.78, 5) is 27.5. The predicted molar refractivity (Wildman–Crippen MR) is 155 cm³/mol. The van der Waals surface area contributed by atoms with E-state index in [1.165, 1.54) is 0 Å². The molecule has 1 N–H and O–H groups in total. The number of methoxy groups -OCH3 is 4. The maximum Gasteiger partial charge on any atom is 0.336 e. The molecular weight excluding hydrogens is 578 g/mol. The zero-order chi connectivity index (χ0) is 29.0. The Kier molecular flexibility index (Phi) is 9.45. The summed E-state index contributed by atoms with van der Waals surface area (Å²) in [5, 5.41) is 3.40. The van der Waals surface area contributed by atoms with Crippen molar-refractivity contribution in [1.82, 2.24) is 5.32 Å². The van der Waals surface area contributed by atoms with Gasteiger partial charge < -0.3 is 29.0 Å². The Hall–Kier alpha value is -3.46. The normalized spacial score (nSPS) is 18.6. The Morgan fingerprint density at radius 2 is 1.65 bits per heavy atom. The maximum absolute atomic E-state index is 14.0. The number of Topliss-reactive ketones (excluding diaryl/α,β-unsaturated/α-hetero) is 1. The van der Waals surface area contributed by atoms with Gasteiger partial charge in [-0.1, -0.05) is 19.4 Å². The highest BCUT2D eigenvalue weighted by Crippen LogP contribution is 2.49. The number of halogens is 1. The highest BCUT2D eigenvalue weighted by Gasteiger charge is 2.42. The summed E-state index contributed by atoms with van der Waals surface area (Å²) in [6.07, 6.45) is 2.55. The van der Waals surface area contributed by atoms with E-state index in [4.69, 9.17) is 23.7 Å². The van der Waals surface area contributed by atoms with Gasteiger partial charge in [-0.15, -0.1) is 0 Å². The lowest BCUT2D eigenvalue weighted by Crippen LogP contribution is -2.36. The number of ether oxygens (including phenoxy) is 5. The Balaban J connectivity index is 1.81. The predicted octanol–water partition coefficient (Wildman–Crippen LogP) is 6.19. The van der Waals surface area contributed by atoms with Crippen LogP contribution in [-0.4, -0.2) is 46.8 Å². The van der Waals surface area contributed by atoms with E-state index in [0.29, 0.717) is 57.3 Å². The molecule has 0 amide bonds. The lowest BCUT2D eigenvalue weighted by molar-refractivity contribution is -0.139. The van der Waals surface area contributed by atoms with Crippen LogP contribution in [0.1, 0.15) is 62.5 Å². The Bertz CT molecular complexity index is 1360. The molecule has 0 aromatic heterocycles. The highest BCUT2D eigenvalue weighted by molar-refractivity contribution is 9.10. The summed E-state index contributed by atoms with van der Waals surface area (Å²) in [7, 11) is 6.31. The molecule has 0 saturated heterocycles. The molecule has 2 aliphatic rings. The van der Waals surface area contributed by atoms with Gasteiger partial charge in [0, 0.05) is 29.3 Å². The molecule has 0 radical (unpaired) electrons. The summed E-state index contributed by atoms with van der Waals surface area (Å²) < 4.78 is 28.3. The van der Waals surface area contributed by atoms with E-state index in [2.05, 4.69) is 21.2 Å². The minimum absolute atomic E-state index is 0.0317. The van der Waals surface area contributed by atoms with Gasteiger partial charge in [-0.05, 0) is 77.0 Å². The SMILES string of the molecule is CCCCOC(=O)C1=C(C)NC2=C(C(=O)CC(c3ccc(OC)c(OC)c3)C2)C1c1cc(Br)c(OC)c(OC)c1. The van der Waals surface area contributed by atoms with Crippen LogP contribution < -0.4 is 24.3 Å². The summed E-state index contributed by atoms with van der Waals surface area (Å²) in [6.45, 7) is 4.21. The van der Waals surface area contributed by atoms with E-state index in [0.717, 1.165) is 29.7 Å². The van der Waals surface area contributed by atoms with Crippen LogP contribution in [-0.2, 0) is 14.3 Å². The summed E-state index contributed by atoms with van der Waals surface area (Å²) >= 11 is 3.58. The number of esters is 1. The molecule has 214 valence electrons. The number of unbranched alkanes of at least 4 members (excludes halogenated alkanes) is 1. The van der Waals surface area contributed by atoms with Gasteiger partial charge in [0.2, 0.25) is 0 Å². The summed E-state index contributed by atoms with van der Waals surface area (Å²) in [5.74, 6) is 1.12. The van der Waals surface area contributed by atoms with Crippen LogP contribution in [0.2, 0.25) is 0 Å². The van der Waals surface area contributed by atoms with Crippen LogP contribution in [0.25, 0.3) is 0 Å². The number of ketones is 1. The van der Waals surface area contributed by atoms with Gasteiger partial charge in [-0.25, -0.2) is 4.79 Å². The lowest BCUT2D eigenvalue weighted by atomic mass is 9.71. The van der Waals surface area contributed by atoms with Gasteiger partial charge in [0.15, 0.2) is 28.8 Å². The van der Waals surface area contributed by atoms with E-state index in [1.807, 2.05) is 44.2 Å². The molecule has 0 fully saturated rings. The van der Waals surface area contributed by atoms with Crippen molar-refractivity contribution in [2.24, 2.45) is 0 Å². The lowest BCUT2D eigenvalue weighted by Gasteiger charge is -2.37. The quantitative estimate of drug-likeness (QED) is 0.250. The number of dihydropyridines is 1. The van der Waals surface area contributed by atoms with Crippen molar-refractivity contribution in [3.63, 3.8) is 0 Å². The van der Waals surface area contributed by atoms with Crippen molar-refractivity contribution in [3.8, 4) is 23.0 Å². The third-order valence-electron chi connectivity index (χ3n) is 7.45. The molecule has 2 aromatic rings. The average Bonchev–Trinajstić information content (AvgIpc) is 2.95. The fourth-order valence-electron chi connectivity index (χ4n) is 5.48. The summed E-state index contributed by atoms with van der Waals surface area (Å²) in [6, 6.07) is 9.45. The Morgan fingerprint density at radius 1 is 0.950 bits per heavy atom. The van der Waals surface area contributed by atoms with E-state index in [-0.39, 0.29) is 18.1 Å². The fourth-order valence-corrected chi connectivity index (χ4v) is 6.10. The minimum Gasteiger partial charge on any atom is -0.493 e. The molecule has 1 aliphatic carbocycles. The van der Waals surface area contributed by atoms with Crippen molar-refractivity contribution in [1.29, 1.82) is 0 Å². The smallest absolute Gasteiger partial charge is 0.336 e. The number of benzene rings is 2. The van der Waals surface area contributed by atoms with Gasteiger partial charge in [-0.2, -0.15) is 0 Å². The van der Waals surface area contributed by atoms with Crippen LogP contribution in [0.3, 0.4) is 0 Å². The second-order valence-electron chi connectivity index (χ2n) is 9.86. The second kappa shape index (κ2) is 12.8. The molecule has 2 unspecified atom stereocenters. The number of hydrogen-bond acceptors (Lipinski definition) is 8. The zero-order valence-electron chi connectivity index (χ0n) is 23.8. The third-order valence-corrected chi connectivity index (χ3v) is 8.04. The summed E-state index contributed by atoms with van der Waals surface area (Å²) in [5.41, 5.74) is 4.18. The minimum atomic E-state index is -0.625. The van der Waals surface area contributed by atoms with Gasteiger partial charge in [-0.3, -0.25) is 4.79 Å². The Morgan fingerprint density at radius 3 is 2.30 bits per heavy atom. The molecular formula is C31H36BrNO7. The molecule has 8 nitrogen and oxygen atoms in total. The first kappa shape index (κ1) is 29.5. The molecule has 2 aromatic carbocycles. The van der Waals surface area contributed by atoms with Crippen molar-refractivity contribution in [3.05, 3.63) is 68.5 Å². The third kappa shape index (κ3) is 5.70.